The van der Waals surface area contributed by atoms with Gasteiger partial charge < -0.3 is 10.4 Å². The molecule has 0 bridgehead atoms. The van der Waals surface area contributed by atoms with Gasteiger partial charge in [-0.15, -0.1) is 6.58 Å². The van der Waals surface area contributed by atoms with Gasteiger partial charge in [0.1, 0.15) is 6.04 Å². The van der Waals surface area contributed by atoms with Gasteiger partial charge in [-0.1, -0.05) is 32.8 Å². The van der Waals surface area contributed by atoms with Crippen LogP contribution in [0.4, 0.5) is 0 Å². The molecule has 0 spiro atoms. The molecule has 0 heterocycles. The summed E-state index contributed by atoms with van der Waals surface area (Å²) in [5.74, 6) is -0.550. The van der Waals surface area contributed by atoms with E-state index in [2.05, 4.69) is 11.9 Å². The third-order valence-electron chi connectivity index (χ3n) is 2.93. The van der Waals surface area contributed by atoms with E-state index in [9.17, 15) is 4.79 Å². The van der Waals surface area contributed by atoms with Crippen molar-refractivity contribution in [1.82, 2.24) is 5.32 Å². The summed E-state index contributed by atoms with van der Waals surface area (Å²) in [6.45, 7) is 8.46. The van der Waals surface area contributed by atoms with Crippen molar-refractivity contribution in [3.63, 3.8) is 0 Å². The molecular weight excluding hydrogens is 202 g/mol. The second kappa shape index (κ2) is 9.40. The van der Waals surface area contributed by atoms with Gasteiger partial charge in [0.05, 0.1) is 0 Å². The highest BCUT2D eigenvalue weighted by Gasteiger charge is 2.21. The van der Waals surface area contributed by atoms with Crippen LogP contribution < -0.4 is 5.32 Å². The summed E-state index contributed by atoms with van der Waals surface area (Å²) in [4.78, 5) is 11.0. The number of allylic oxidation sites excluding steroid dienone is 1. The Morgan fingerprint density at radius 2 is 2.12 bits per heavy atom. The maximum Gasteiger partial charge on any atom is 0.320 e. The molecule has 0 aromatic heterocycles. The second-order valence-electron chi connectivity index (χ2n) is 4.29. The van der Waals surface area contributed by atoms with Gasteiger partial charge in [-0.2, -0.15) is 0 Å². The van der Waals surface area contributed by atoms with Crippen molar-refractivity contribution in [2.24, 2.45) is 5.92 Å². The van der Waals surface area contributed by atoms with Crippen molar-refractivity contribution < 1.29 is 9.90 Å². The fourth-order valence-corrected chi connectivity index (χ4v) is 1.62. The van der Waals surface area contributed by atoms with E-state index >= 15 is 0 Å². The molecule has 2 N–H and O–H groups in total. The zero-order valence-corrected chi connectivity index (χ0v) is 10.5. The first kappa shape index (κ1) is 15.2. The predicted molar refractivity (Wildman–Crippen MR) is 67.5 cm³/mol. The summed E-state index contributed by atoms with van der Waals surface area (Å²) >= 11 is 0. The molecule has 2 atom stereocenters. The number of carboxylic acids is 1. The van der Waals surface area contributed by atoms with Crippen LogP contribution in [0, 0.1) is 5.92 Å². The van der Waals surface area contributed by atoms with Crippen LogP contribution in [0.5, 0.6) is 0 Å². The fourth-order valence-electron chi connectivity index (χ4n) is 1.62. The predicted octanol–water partition coefficient (Wildman–Crippen LogP) is 2.82. The van der Waals surface area contributed by atoms with E-state index in [1.54, 1.807) is 0 Å². The molecule has 3 nitrogen and oxygen atoms in total. The highest BCUT2D eigenvalue weighted by Crippen LogP contribution is 2.08. The number of carbonyl (C=O) groups is 1. The van der Waals surface area contributed by atoms with Crippen LogP contribution >= 0.6 is 0 Å². The summed E-state index contributed by atoms with van der Waals surface area (Å²) in [6.07, 6.45) is 7.17. The van der Waals surface area contributed by atoms with E-state index < -0.39 is 12.0 Å². The minimum Gasteiger partial charge on any atom is -0.480 e. The molecule has 16 heavy (non-hydrogen) atoms. The van der Waals surface area contributed by atoms with Gasteiger partial charge in [-0.05, 0) is 31.7 Å². The van der Waals surface area contributed by atoms with Gasteiger partial charge in [0, 0.05) is 0 Å². The third-order valence-corrected chi connectivity index (χ3v) is 2.93. The number of carboxylic acid groups (broad SMARTS) is 1. The third kappa shape index (κ3) is 6.62. The Hall–Kier alpha value is -0.830. The van der Waals surface area contributed by atoms with Gasteiger partial charge in [-0.3, -0.25) is 4.79 Å². The molecule has 0 fully saturated rings. The monoisotopic (exact) mass is 227 g/mol. The first-order valence-corrected chi connectivity index (χ1v) is 6.20. The SMILES string of the molecule is C=CCCCCCN[C@H](C(=O)O)C(C)CC. The molecule has 0 aliphatic rings. The number of hydrogen-bond donors (Lipinski definition) is 2. The van der Waals surface area contributed by atoms with Gasteiger partial charge in [0.25, 0.3) is 0 Å². The van der Waals surface area contributed by atoms with Crippen molar-refractivity contribution in [2.75, 3.05) is 6.54 Å². The lowest BCUT2D eigenvalue weighted by Crippen LogP contribution is -2.42. The maximum absolute atomic E-state index is 11.0. The Morgan fingerprint density at radius 3 is 2.62 bits per heavy atom. The lowest BCUT2D eigenvalue weighted by molar-refractivity contribution is -0.140. The topological polar surface area (TPSA) is 49.3 Å². The van der Waals surface area contributed by atoms with Crippen LogP contribution in [0.25, 0.3) is 0 Å². The number of unbranched alkanes of at least 4 members (excludes halogenated alkanes) is 3. The fraction of sp³-hybridized carbons (Fsp3) is 0.769. The quantitative estimate of drug-likeness (QED) is 0.445. The summed E-state index contributed by atoms with van der Waals surface area (Å²) in [5.41, 5.74) is 0. The largest absolute Gasteiger partial charge is 0.480 e. The lowest BCUT2D eigenvalue weighted by Gasteiger charge is -2.20. The van der Waals surface area contributed by atoms with Crippen LogP contribution in [0.1, 0.15) is 46.0 Å². The molecule has 0 rings (SSSR count). The van der Waals surface area contributed by atoms with Crippen molar-refractivity contribution in [1.29, 1.82) is 0 Å². The second-order valence-corrected chi connectivity index (χ2v) is 4.29. The molecule has 0 saturated carbocycles. The normalized spacial score (nSPS) is 14.4. The molecule has 0 aromatic rings. The average molecular weight is 227 g/mol. The Bertz CT molecular complexity index is 204. The van der Waals surface area contributed by atoms with Gasteiger partial charge in [0.2, 0.25) is 0 Å². The van der Waals surface area contributed by atoms with Crippen LogP contribution in [-0.2, 0) is 4.79 Å². The Labute approximate surface area is 98.9 Å². The molecule has 0 amide bonds. The first-order chi connectivity index (χ1) is 7.63. The van der Waals surface area contributed by atoms with Gasteiger partial charge >= 0.3 is 5.97 Å². The van der Waals surface area contributed by atoms with E-state index in [1.807, 2.05) is 19.9 Å². The number of nitrogens with one attached hydrogen (secondary N) is 1. The Morgan fingerprint density at radius 1 is 1.44 bits per heavy atom. The van der Waals surface area contributed by atoms with Crippen LogP contribution in [0.3, 0.4) is 0 Å². The van der Waals surface area contributed by atoms with Crippen molar-refractivity contribution >= 4 is 5.97 Å². The summed E-state index contributed by atoms with van der Waals surface area (Å²) < 4.78 is 0. The van der Waals surface area contributed by atoms with Crippen molar-refractivity contribution in [3.8, 4) is 0 Å². The van der Waals surface area contributed by atoms with E-state index in [0.717, 1.165) is 38.6 Å². The Kier molecular flexibility index (Phi) is 8.91. The average Bonchev–Trinajstić information content (AvgIpc) is 2.26. The highest BCUT2D eigenvalue weighted by molar-refractivity contribution is 5.73. The summed E-state index contributed by atoms with van der Waals surface area (Å²) in [6, 6.07) is -0.399. The zero-order valence-electron chi connectivity index (χ0n) is 10.5. The van der Waals surface area contributed by atoms with Gasteiger partial charge in [0.15, 0.2) is 0 Å². The van der Waals surface area contributed by atoms with Crippen LogP contribution in [0.15, 0.2) is 12.7 Å². The number of aliphatic carboxylic acids is 1. The minimum absolute atomic E-state index is 0.186. The molecule has 0 aliphatic carbocycles. The summed E-state index contributed by atoms with van der Waals surface area (Å²) in [5, 5.41) is 12.2. The molecule has 94 valence electrons. The van der Waals surface area contributed by atoms with Crippen LogP contribution in [0.2, 0.25) is 0 Å². The molecule has 0 radical (unpaired) electrons. The van der Waals surface area contributed by atoms with Crippen molar-refractivity contribution in [3.05, 3.63) is 12.7 Å². The smallest absolute Gasteiger partial charge is 0.320 e. The molecule has 0 aliphatic heterocycles. The summed E-state index contributed by atoms with van der Waals surface area (Å²) in [7, 11) is 0. The van der Waals surface area contributed by atoms with Crippen LogP contribution in [-0.4, -0.2) is 23.7 Å². The number of rotatable bonds is 10. The maximum atomic E-state index is 11.0. The van der Waals surface area contributed by atoms with Gasteiger partial charge in [-0.25, -0.2) is 0 Å². The molecular formula is C13H25NO2. The number of hydrogen-bond acceptors (Lipinski definition) is 2. The standard InChI is InChI=1S/C13H25NO2/c1-4-6-7-8-9-10-14-12(13(15)16)11(3)5-2/h4,11-12,14H,1,5-10H2,2-3H3,(H,15,16)/t11?,12-/m0/s1. The van der Waals surface area contributed by atoms with E-state index in [1.165, 1.54) is 0 Å². The Balaban J connectivity index is 3.68. The minimum atomic E-state index is -0.736. The van der Waals surface area contributed by atoms with E-state index in [-0.39, 0.29) is 5.92 Å². The van der Waals surface area contributed by atoms with E-state index in [0.29, 0.717) is 0 Å². The molecule has 0 aromatic carbocycles. The van der Waals surface area contributed by atoms with E-state index in [4.69, 9.17) is 5.11 Å². The highest BCUT2D eigenvalue weighted by atomic mass is 16.4. The molecule has 3 heteroatoms. The zero-order chi connectivity index (χ0) is 12.4. The first-order valence-electron chi connectivity index (χ1n) is 6.20. The lowest BCUT2D eigenvalue weighted by atomic mass is 9.99. The van der Waals surface area contributed by atoms with Crippen molar-refractivity contribution in [2.45, 2.75) is 52.0 Å². The molecule has 1 unspecified atom stereocenters. The molecule has 0 saturated heterocycles.